The Morgan fingerprint density at radius 3 is 2.93 bits per heavy atom. The van der Waals surface area contributed by atoms with Crippen molar-refractivity contribution in [3.05, 3.63) is 18.2 Å². The molecule has 14 heavy (non-hydrogen) atoms. The maximum Gasteiger partial charge on any atom is 0.236 e. The second kappa shape index (κ2) is 4.43. The maximum absolute atomic E-state index is 10.6. The van der Waals surface area contributed by atoms with Crippen molar-refractivity contribution >= 4 is 17.5 Å². The van der Waals surface area contributed by atoms with Crippen LogP contribution in [0.25, 0.3) is 0 Å². The van der Waals surface area contributed by atoms with E-state index in [4.69, 9.17) is 11.6 Å². The zero-order chi connectivity index (χ0) is 10.6. The van der Waals surface area contributed by atoms with Crippen LogP contribution in [0, 0.1) is 0 Å². The fourth-order valence-electron chi connectivity index (χ4n) is 1.03. The zero-order valence-corrected chi connectivity index (χ0v) is 7.90. The highest BCUT2D eigenvalue weighted by molar-refractivity contribution is 5.79. The van der Waals surface area contributed by atoms with E-state index in [1.165, 1.54) is 0 Å². The molecule has 1 aromatic heterocycles. The minimum absolute atomic E-state index is 0.126. The second-order valence-corrected chi connectivity index (χ2v) is 2.85. The molecule has 0 aromatic carbocycles. The summed E-state index contributed by atoms with van der Waals surface area (Å²) >= 11 is 0. The Hall–Kier alpha value is -1.82. The first-order valence-electron chi connectivity index (χ1n) is 4.06. The molecular weight excluding hydrogens is 182 g/mol. The molecule has 0 unspecified atom stereocenters. The lowest BCUT2D eigenvalue weighted by atomic mass is 10.4. The molecule has 0 saturated heterocycles. The van der Waals surface area contributed by atoms with Crippen LogP contribution in [0.1, 0.15) is 0 Å². The molecule has 6 nitrogen and oxygen atoms in total. The van der Waals surface area contributed by atoms with Crippen molar-refractivity contribution in [1.82, 2.24) is 4.98 Å². The van der Waals surface area contributed by atoms with Gasteiger partial charge in [-0.25, -0.2) is 10.8 Å². The number of carbonyl (C=O) groups is 1. The van der Waals surface area contributed by atoms with E-state index in [1.54, 1.807) is 30.1 Å². The van der Waals surface area contributed by atoms with E-state index < -0.39 is 5.91 Å². The van der Waals surface area contributed by atoms with Crippen molar-refractivity contribution in [2.24, 2.45) is 11.6 Å². The van der Waals surface area contributed by atoms with Crippen LogP contribution in [0.4, 0.5) is 11.6 Å². The summed E-state index contributed by atoms with van der Waals surface area (Å²) in [6, 6.07) is 5.28. The van der Waals surface area contributed by atoms with Crippen LogP contribution in [-0.2, 0) is 4.79 Å². The van der Waals surface area contributed by atoms with Gasteiger partial charge in [-0.3, -0.25) is 4.79 Å². The van der Waals surface area contributed by atoms with Gasteiger partial charge < -0.3 is 16.1 Å². The monoisotopic (exact) mass is 195 g/mol. The zero-order valence-electron chi connectivity index (χ0n) is 7.90. The molecule has 1 heterocycles. The number of nitrogens with one attached hydrogen (secondary N) is 1. The predicted molar refractivity (Wildman–Crippen MR) is 54.5 cm³/mol. The number of nitrogens with zero attached hydrogens (tertiary/aromatic N) is 2. The molecule has 76 valence electrons. The summed E-state index contributed by atoms with van der Waals surface area (Å²) in [5.41, 5.74) is 7.47. The Bertz CT molecular complexity index is 327. The number of aromatic nitrogens is 1. The molecule has 1 amide bonds. The maximum atomic E-state index is 10.6. The van der Waals surface area contributed by atoms with Crippen molar-refractivity contribution in [3.8, 4) is 0 Å². The standard InChI is InChI=1S/C8H13N5O/c1-13(5-6(9)14)8-4-2-3-7(11-8)12-10/h2-4H,5,10H2,1H3,(H2,9,14)(H,11,12). The number of primary amides is 1. The minimum atomic E-state index is -0.402. The number of nitrogens with two attached hydrogens (primary N) is 2. The lowest BCUT2D eigenvalue weighted by Crippen LogP contribution is -2.31. The minimum Gasteiger partial charge on any atom is -0.368 e. The number of anilines is 2. The highest BCUT2D eigenvalue weighted by atomic mass is 16.1. The van der Waals surface area contributed by atoms with Crippen molar-refractivity contribution in [2.45, 2.75) is 0 Å². The average Bonchev–Trinajstić information content (AvgIpc) is 2.17. The molecule has 0 atom stereocenters. The SMILES string of the molecule is CN(CC(N)=O)c1cccc(NN)n1. The number of rotatable bonds is 4. The van der Waals surface area contributed by atoms with Crippen LogP contribution in [0.2, 0.25) is 0 Å². The van der Waals surface area contributed by atoms with Crippen LogP contribution in [0.5, 0.6) is 0 Å². The molecule has 0 radical (unpaired) electrons. The third kappa shape index (κ3) is 2.60. The van der Waals surface area contributed by atoms with Crippen LogP contribution < -0.4 is 21.9 Å². The molecule has 0 spiro atoms. The first-order valence-corrected chi connectivity index (χ1v) is 4.06. The van der Waals surface area contributed by atoms with Gasteiger partial charge in [0, 0.05) is 7.05 Å². The first-order chi connectivity index (χ1) is 6.63. The number of hydrazine groups is 1. The summed E-state index contributed by atoms with van der Waals surface area (Å²) < 4.78 is 0. The van der Waals surface area contributed by atoms with Crippen LogP contribution in [0.3, 0.4) is 0 Å². The molecule has 1 aromatic rings. The quantitative estimate of drug-likeness (QED) is 0.435. The van der Waals surface area contributed by atoms with Crippen molar-refractivity contribution in [3.63, 3.8) is 0 Å². The Labute approximate surface area is 81.9 Å². The second-order valence-electron chi connectivity index (χ2n) is 2.85. The topological polar surface area (TPSA) is 97.3 Å². The van der Waals surface area contributed by atoms with Gasteiger partial charge in [-0.2, -0.15) is 0 Å². The van der Waals surface area contributed by atoms with Gasteiger partial charge in [0.1, 0.15) is 11.6 Å². The van der Waals surface area contributed by atoms with Crippen LogP contribution in [-0.4, -0.2) is 24.5 Å². The molecule has 6 heteroatoms. The summed E-state index contributed by atoms with van der Waals surface area (Å²) in [6.07, 6.45) is 0. The fraction of sp³-hybridized carbons (Fsp3) is 0.250. The fourth-order valence-corrected chi connectivity index (χ4v) is 1.03. The molecule has 0 aliphatic rings. The molecule has 1 rings (SSSR count). The van der Waals surface area contributed by atoms with E-state index in [1.807, 2.05) is 0 Å². The molecular formula is C8H13N5O. The summed E-state index contributed by atoms with van der Waals surface area (Å²) in [7, 11) is 1.73. The van der Waals surface area contributed by atoms with Gasteiger partial charge in [-0.1, -0.05) is 6.07 Å². The number of hydrogen-bond donors (Lipinski definition) is 3. The number of nitrogen functional groups attached to an aromatic ring is 1. The lowest BCUT2D eigenvalue weighted by molar-refractivity contribution is -0.116. The third-order valence-corrected chi connectivity index (χ3v) is 1.67. The highest BCUT2D eigenvalue weighted by Gasteiger charge is 2.05. The Balaban J connectivity index is 2.78. The van der Waals surface area contributed by atoms with E-state index >= 15 is 0 Å². The summed E-state index contributed by atoms with van der Waals surface area (Å²) in [4.78, 5) is 16.4. The van der Waals surface area contributed by atoms with Gasteiger partial charge in [-0.05, 0) is 12.1 Å². The van der Waals surface area contributed by atoms with Gasteiger partial charge in [0.25, 0.3) is 0 Å². The van der Waals surface area contributed by atoms with Crippen molar-refractivity contribution < 1.29 is 4.79 Å². The molecule has 0 saturated carbocycles. The van der Waals surface area contributed by atoms with Crippen LogP contribution in [0.15, 0.2) is 18.2 Å². The highest BCUT2D eigenvalue weighted by Crippen LogP contribution is 2.11. The lowest BCUT2D eigenvalue weighted by Gasteiger charge is -2.16. The van der Waals surface area contributed by atoms with Crippen LogP contribution >= 0.6 is 0 Å². The average molecular weight is 195 g/mol. The van der Waals surface area contributed by atoms with E-state index in [9.17, 15) is 4.79 Å². The van der Waals surface area contributed by atoms with Gasteiger partial charge in [-0.15, -0.1) is 0 Å². The molecule has 0 bridgehead atoms. The number of hydrogen-bond acceptors (Lipinski definition) is 5. The smallest absolute Gasteiger partial charge is 0.236 e. The Morgan fingerprint density at radius 2 is 2.36 bits per heavy atom. The number of pyridine rings is 1. The Morgan fingerprint density at radius 1 is 1.64 bits per heavy atom. The largest absolute Gasteiger partial charge is 0.368 e. The normalized spacial score (nSPS) is 9.57. The van der Waals surface area contributed by atoms with Crippen molar-refractivity contribution in [2.75, 3.05) is 23.9 Å². The van der Waals surface area contributed by atoms with E-state index in [-0.39, 0.29) is 6.54 Å². The number of amides is 1. The van der Waals surface area contributed by atoms with Crippen molar-refractivity contribution in [1.29, 1.82) is 0 Å². The molecule has 0 aliphatic heterocycles. The van der Waals surface area contributed by atoms with E-state index in [0.29, 0.717) is 11.6 Å². The number of likely N-dealkylation sites (N-methyl/N-ethyl adjacent to an activating group) is 1. The molecule has 0 fully saturated rings. The van der Waals surface area contributed by atoms with Gasteiger partial charge in [0.15, 0.2) is 0 Å². The van der Waals surface area contributed by atoms with E-state index in [0.717, 1.165) is 0 Å². The predicted octanol–water partition coefficient (Wildman–Crippen LogP) is -0.711. The molecule has 0 aliphatic carbocycles. The third-order valence-electron chi connectivity index (χ3n) is 1.67. The first kappa shape index (κ1) is 10.3. The summed E-state index contributed by atoms with van der Waals surface area (Å²) in [6.45, 7) is 0.126. The van der Waals surface area contributed by atoms with Gasteiger partial charge >= 0.3 is 0 Å². The molecule has 5 N–H and O–H groups in total. The van der Waals surface area contributed by atoms with Gasteiger partial charge in [0.05, 0.1) is 6.54 Å². The van der Waals surface area contributed by atoms with E-state index in [2.05, 4.69) is 10.4 Å². The summed E-state index contributed by atoms with van der Waals surface area (Å²) in [5.74, 6) is 5.97. The van der Waals surface area contributed by atoms with Gasteiger partial charge in [0.2, 0.25) is 5.91 Å². The Kier molecular flexibility index (Phi) is 3.24. The number of carbonyl (C=O) groups excluding carboxylic acids is 1. The summed E-state index contributed by atoms with van der Waals surface area (Å²) in [5, 5.41) is 0.